The van der Waals surface area contributed by atoms with Gasteiger partial charge in [0.25, 0.3) is 0 Å². The zero-order valence-electron chi connectivity index (χ0n) is 10.1. The number of halogens is 2. The minimum absolute atomic E-state index is 0.279. The molecular weight excluding hydrogens is 285 g/mol. The van der Waals surface area contributed by atoms with Crippen LogP contribution in [-0.2, 0) is 0 Å². The Balaban J connectivity index is 2.15. The fraction of sp³-hybridized carbons (Fsp3) is 0.538. The van der Waals surface area contributed by atoms with E-state index >= 15 is 0 Å². The Labute approximate surface area is 111 Å². The van der Waals surface area contributed by atoms with E-state index in [1.807, 2.05) is 0 Å². The first-order valence-electron chi connectivity index (χ1n) is 6.02. The van der Waals surface area contributed by atoms with Gasteiger partial charge >= 0.3 is 0 Å². The molecule has 0 amide bonds. The number of nitrogens with one attached hydrogen (secondary N) is 1. The molecule has 0 aliphatic heterocycles. The van der Waals surface area contributed by atoms with E-state index in [1.165, 1.54) is 31.4 Å². The van der Waals surface area contributed by atoms with Crippen molar-refractivity contribution in [3.05, 3.63) is 28.5 Å². The van der Waals surface area contributed by atoms with E-state index in [9.17, 15) is 4.39 Å². The summed E-state index contributed by atoms with van der Waals surface area (Å²) in [6.45, 7) is 4.53. The first-order chi connectivity index (χ1) is 8.24. The number of hydrogen-bond acceptors (Lipinski definition) is 2. The zero-order chi connectivity index (χ0) is 12.5. The summed E-state index contributed by atoms with van der Waals surface area (Å²) in [7, 11) is 0. The molecule has 0 aliphatic carbocycles. The Kier molecular flexibility index (Phi) is 7.21. The molecule has 0 heterocycles. The monoisotopic (exact) mass is 303 g/mol. The predicted molar refractivity (Wildman–Crippen MR) is 72.0 cm³/mol. The zero-order valence-corrected chi connectivity index (χ0v) is 11.7. The van der Waals surface area contributed by atoms with E-state index in [0.717, 1.165) is 17.6 Å². The van der Waals surface area contributed by atoms with Crippen molar-refractivity contribution in [2.75, 3.05) is 19.7 Å². The molecule has 0 fully saturated rings. The summed E-state index contributed by atoms with van der Waals surface area (Å²) in [4.78, 5) is 0. The lowest BCUT2D eigenvalue weighted by molar-refractivity contribution is 0.310. The number of unbranched alkanes of at least 4 members (excludes halogenated alkanes) is 2. The standard InChI is InChI=1S/C13H19BrFNO/c1-2-3-4-7-16-8-9-17-13-10-11(15)5-6-12(13)14/h5-6,10,16H,2-4,7-9H2,1H3. The molecule has 1 aromatic rings. The van der Waals surface area contributed by atoms with Crippen molar-refractivity contribution in [2.24, 2.45) is 0 Å². The van der Waals surface area contributed by atoms with Crippen LogP contribution >= 0.6 is 15.9 Å². The first-order valence-corrected chi connectivity index (χ1v) is 6.82. The smallest absolute Gasteiger partial charge is 0.136 e. The highest BCUT2D eigenvalue weighted by atomic mass is 79.9. The third-order valence-electron chi connectivity index (χ3n) is 2.39. The van der Waals surface area contributed by atoms with E-state index < -0.39 is 0 Å². The van der Waals surface area contributed by atoms with Crippen LogP contribution in [0.1, 0.15) is 26.2 Å². The molecule has 0 radical (unpaired) electrons. The third-order valence-corrected chi connectivity index (χ3v) is 3.04. The Hall–Kier alpha value is -0.610. The van der Waals surface area contributed by atoms with Crippen LogP contribution < -0.4 is 10.1 Å². The van der Waals surface area contributed by atoms with Gasteiger partial charge in [-0.25, -0.2) is 4.39 Å². The molecule has 0 bridgehead atoms. The summed E-state index contributed by atoms with van der Waals surface area (Å²) >= 11 is 3.32. The Morgan fingerprint density at radius 1 is 1.29 bits per heavy atom. The van der Waals surface area contributed by atoms with E-state index in [4.69, 9.17) is 4.74 Å². The van der Waals surface area contributed by atoms with Crippen LogP contribution in [0.3, 0.4) is 0 Å². The quantitative estimate of drug-likeness (QED) is 0.739. The van der Waals surface area contributed by atoms with Gasteiger partial charge in [-0.1, -0.05) is 19.8 Å². The summed E-state index contributed by atoms with van der Waals surface area (Å²) < 4.78 is 19.2. The molecule has 0 atom stereocenters. The van der Waals surface area contributed by atoms with E-state index in [0.29, 0.717) is 12.4 Å². The van der Waals surface area contributed by atoms with Gasteiger partial charge in [-0.3, -0.25) is 0 Å². The summed E-state index contributed by atoms with van der Waals surface area (Å²) in [5.41, 5.74) is 0. The van der Waals surface area contributed by atoms with Crippen molar-refractivity contribution in [1.29, 1.82) is 0 Å². The van der Waals surface area contributed by atoms with Gasteiger partial charge in [0, 0.05) is 12.6 Å². The summed E-state index contributed by atoms with van der Waals surface area (Å²) in [6.07, 6.45) is 3.68. The Morgan fingerprint density at radius 3 is 2.88 bits per heavy atom. The molecule has 1 N–H and O–H groups in total. The number of ether oxygens (including phenoxy) is 1. The SMILES string of the molecule is CCCCCNCCOc1cc(F)ccc1Br. The molecule has 0 aliphatic rings. The van der Waals surface area contributed by atoms with Crippen LogP contribution in [0.25, 0.3) is 0 Å². The normalized spacial score (nSPS) is 10.5. The molecule has 96 valence electrons. The molecule has 0 spiro atoms. The van der Waals surface area contributed by atoms with Crippen LogP contribution in [0, 0.1) is 5.82 Å². The maximum Gasteiger partial charge on any atom is 0.136 e. The summed E-state index contributed by atoms with van der Waals surface area (Å²) in [5.74, 6) is 0.277. The highest BCUT2D eigenvalue weighted by Crippen LogP contribution is 2.25. The van der Waals surface area contributed by atoms with Crippen LogP contribution in [0.5, 0.6) is 5.75 Å². The molecule has 0 aromatic heterocycles. The van der Waals surface area contributed by atoms with Crippen molar-refractivity contribution >= 4 is 15.9 Å². The van der Waals surface area contributed by atoms with Gasteiger partial charge in [-0.15, -0.1) is 0 Å². The fourth-order valence-corrected chi connectivity index (χ4v) is 1.81. The predicted octanol–water partition coefficient (Wildman–Crippen LogP) is 3.75. The number of rotatable bonds is 8. The second kappa shape index (κ2) is 8.48. The van der Waals surface area contributed by atoms with Gasteiger partial charge in [0.05, 0.1) is 4.47 Å². The Morgan fingerprint density at radius 2 is 2.12 bits per heavy atom. The topological polar surface area (TPSA) is 21.3 Å². The molecule has 4 heteroatoms. The first kappa shape index (κ1) is 14.5. The van der Waals surface area contributed by atoms with Crippen LogP contribution in [0.15, 0.2) is 22.7 Å². The van der Waals surface area contributed by atoms with Gasteiger partial charge in [0.2, 0.25) is 0 Å². The number of hydrogen-bond donors (Lipinski definition) is 1. The Bertz CT molecular complexity index is 333. The molecule has 0 unspecified atom stereocenters. The van der Waals surface area contributed by atoms with Crippen molar-refractivity contribution in [3.63, 3.8) is 0 Å². The fourth-order valence-electron chi connectivity index (χ4n) is 1.45. The molecular formula is C13H19BrFNO. The lowest BCUT2D eigenvalue weighted by Gasteiger charge is -2.09. The van der Waals surface area contributed by atoms with E-state index in [2.05, 4.69) is 28.2 Å². The van der Waals surface area contributed by atoms with Gasteiger partial charge < -0.3 is 10.1 Å². The second-order valence-corrected chi connectivity index (χ2v) is 4.73. The largest absolute Gasteiger partial charge is 0.491 e. The van der Waals surface area contributed by atoms with Gasteiger partial charge in [-0.2, -0.15) is 0 Å². The van der Waals surface area contributed by atoms with E-state index in [-0.39, 0.29) is 5.82 Å². The van der Waals surface area contributed by atoms with Gasteiger partial charge in [0.15, 0.2) is 0 Å². The van der Waals surface area contributed by atoms with Crippen molar-refractivity contribution in [1.82, 2.24) is 5.32 Å². The maximum absolute atomic E-state index is 12.9. The van der Waals surface area contributed by atoms with Gasteiger partial charge in [0.1, 0.15) is 18.2 Å². The van der Waals surface area contributed by atoms with Crippen molar-refractivity contribution in [2.45, 2.75) is 26.2 Å². The maximum atomic E-state index is 12.9. The van der Waals surface area contributed by atoms with Crippen LogP contribution in [-0.4, -0.2) is 19.7 Å². The summed E-state index contributed by atoms with van der Waals surface area (Å²) in [5, 5.41) is 3.29. The average Bonchev–Trinajstić information content (AvgIpc) is 2.32. The minimum Gasteiger partial charge on any atom is -0.491 e. The van der Waals surface area contributed by atoms with Crippen molar-refractivity contribution in [3.8, 4) is 5.75 Å². The van der Waals surface area contributed by atoms with Crippen LogP contribution in [0.4, 0.5) is 4.39 Å². The highest BCUT2D eigenvalue weighted by Gasteiger charge is 2.02. The molecule has 17 heavy (non-hydrogen) atoms. The average molecular weight is 304 g/mol. The lowest BCUT2D eigenvalue weighted by Crippen LogP contribution is -2.22. The molecule has 2 nitrogen and oxygen atoms in total. The molecule has 0 saturated carbocycles. The third kappa shape index (κ3) is 6.03. The minimum atomic E-state index is -0.279. The summed E-state index contributed by atoms with van der Waals surface area (Å²) in [6, 6.07) is 4.44. The van der Waals surface area contributed by atoms with Crippen LogP contribution in [0.2, 0.25) is 0 Å². The second-order valence-electron chi connectivity index (χ2n) is 3.88. The molecule has 1 aromatic carbocycles. The molecule has 0 saturated heterocycles. The van der Waals surface area contributed by atoms with E-state index in [1.54, 1.807) is 6.07 Å². The lowest BCUT2D eigenvalue weighted by atomic mass is 10.2. The number of benzene rings is 1. The highest BCUT2D eigenvalue weighted by molar-refractivity contribution is 9.10. The van der Waals surface area contributed by atoms with Crippen molar-refractivity contribution < 1.29 is 9.13 Å². The van der Waals surface area contributed by atoms with Gasteiger partial charge in [-0.05, 0) is 41.0 Å². The molecule has 1 rings (SSSR count).